The summed E-state index contributed by atoms with van der Waals surface area (Å²) in [6.07, 6.45) is 6.19. The van der Waals surface area contributed by atoms with Crippen LogP contribution in [0.3, 0.4) is 0 Å². The number of hydrogen-bond acceptors (Lipinski definition) is 3. The van der Waals surface area contributed by atoms with E-state index < -0.39 is 0 Å². The fourth-order valence-corrected chi connectivity index (χ4v) is 3.66. The van der Waals surface area contributed by atoms with E-state index in [0.29, 0.717) is 23.6 Å². The highest BCUT2D eigenvalue weighted by Crippen LogP contribution is 2.44. The number of hydrogen-bond donors (Lipinski definition) is 1. The molecule has 0 atom stereocenters. The van der Waals surface area contributed by atoms with E-state index in [4.69, 9.17) is 17.3 Å². The third kappa shape index (κ3) is 3.55. The van der Waals surface area contributed by atoms with Crippen molar-refractivity contribution in [1.29, 1.82) is 0 Å². The van der Waals surface area contributed by atoms with Crippen LogP contribution in [-0.4, -0.2) is 11.5 Å². The zero-order chi connectivity index (χ0) is 15.5. The lowest BCUT2D eigenvalue weighted by Gasteiger charge is -2.39. The van der Waals surface area contributed by atoms with Crippen LogP contribution in [0, 0.1) is 21.4 Å². The van der Waals surface area contributed by atoms with E-state index in [-0.39, 0.29) is 16.0 Å². The first-order chi connectivity index (χ1) is 10.0. The van der Waals surface area contributed by atoms with Gasteiger partial charge in [0.25, 0.3) is 5.69 Å². The van der Waals surface area contributed by atoms with Crippen molar-refractivity contribution < 1.29 is 4.92 Å². The molecule has 0 aliphatic heterocycles. The summed E-state index contributed by atoms with van der Waals surface area (Å²) in [7, 11) is 0. The molecule has 0 bridgehead atoms. The third-order valence-electron chi connectivity index (χ3n) is 5.02. The molecule has 2 rings (SSSR count). The summed E-state index contributed by atoms with van der Waals surface area (Å²) in [5, 5.41) is 11.7. The van der Waals surface area contributed by atoms with Gasteiger partial charge in [-0.2, -0.15) is 0 Å². The van der Waals surface area contributed by atoms with Gasteiger partial charge >= 0.3 is 0 Å². The van der Waals surface area contributed by atoms with Gasteiger partial charge in [-0.15, -0.1) is 0 Å². The Balaban J connectivity index is 2.25. The summed E-state index contributed by atoms with van der Waals surface area (Å²) in [6.45, 7) is 2.78. The van der Waals surface area contributed by atoms with Crippen molar-refractivity contribution in [3.63, 3.8) is 0 Å². The van der Waals surface area contributed by atoms with Crippen LogP contribution < -0.4 is 5.73 Å². The number of nitro groups is 1. The van der Waals surface area contributed by atoms with Gasteiger partial charge in [0.05, 0.1) is 9.95 Å². The van der Waals surface area contributed by atoms with Crippen molar-refractivity contribution in [3.8, 4) is 0 Å². The number of nitro benzene ring substituents is 1. The average Bonchev–Trinajstić information content (AvgIpc) is 2.49. The van der Waals surface area contributed by atoms with Crippen LogP contribution >= 0.6 is 11.6 Å². The van der Waals surface area contributed by atoms with Crippen molar-refractivity contribution in [1.82, 2.24) is 0 Å². The molecule has 0 heterocycles. The number of rotatable bonds is 5. The second-order valence-electron chi connectivity index (χ2n) is 6.23. The Kier molecular flexibility index (Phi) is 5.22. The molecule has 0 aromatic heterocycles. The minimum Gasteiger partial charge on any atom is -0.330 e. The van der Waals surface area contributed by atoms with Gasteiger partial charge in [0.15, 0.2) is 0 Å². The minimum absolute atomic E-state index is 0.0403. The van der Waals surface area contributed by atoms with Gasteiger partial charge in [0, 0.05) is 11.6 Å². The van der Waals surface area contributed by atoms with E-state index >= 15 is 0 Å². The fourth-order valence-electron chi connectivity index (χ4n) is 3.42. The molecule has 116 valence electrons. The Labute approximate surface area is 130 Å². The van der Waals surface area contributed by atoms with Crippen LogP contribution in [0.2, 0.25) is 5.02 Å². The molecule has 0 radical (unpaired) electrons. The van der Waals surface area contributed by atoms with E-state index in [0.717, 1.165) is 31.6 Å². The monoisotopic (exact) mass is 310 g/mol. The first-order valence-corrected chi connectivity index (χ1v) is 8.01. The molecule has 1 aromatic carbocycles. The van der Waals surface area contributed by atoms with Crippen molar-refractivity contribution in [3.05, 3.63) is 38.9 Å². The summed E-state index contributed by atoms with van der Waals surface area (Å²) in [5.41, 5.74) is 6.76. The van der Waals surface area contributed by atoms with Crippen LogP contribution in [0.25, 0.3) is 0 Å². The third-order valence-corrected chi connectivity index (χ3v) is 5.37. The number of halogens is 1. The van der Waals surface area contributed by atoms with E-state index in [1.807, 2.05) is 0 Å². The first kappa shape index (κ1) is 16.2. The molecule has 0 saturated heterocycles. The quantitative estimate of drug-likeness (QED) is 0.650. The standard InChI is InChI=1S/C16H23ClN2O2/c1-2-12-6-8-16(11-18,9-7-12)10-13-14(17)4-3-5-15(13)19(20)21/h3-5,12H,2,6-11,18H2,1H3. The molecule has 1 aliphatic carbocycles. The summed E-state index contributed by atoms with van der Waals surface area (Å²) in [4.78, 5) is 10.9. The van der Waals surface area contributed by atoms with Gasteiger partial charge in [-0.3, -0.25) is 10.1 Å². The number of nitrogens with two attached hydrogens (primary N) is 1. The average molecular weight is 311 g/mol. The molecular formula is C16H23ClN2O2. The zero-order valence-electron chi connectivity index (χ0n) is 12.5. The second kappa shape index (κ2) is 6.75. The van der Waals surface area contributed by atoms with Gasteiger partial charge in [0.1, 0.15) is 0 Å². The second-order valence-corrected chi connectivity index (χ2v) is 6.63. The van der Waals surface area contributed by atoms with Crippen molar-refractivity contribution in [2.24, 2.45) is 17.1 Å². The molecule has 0 spiro atoms. The smallest absolute Gasteiger partial charge is 0.274 e. The Morgan fingerprint density at radius 2 is 2.10 bits per heavy atom. The summed E-state index contributed by atoms with van der Waals surface area (Å²) in [6, 6.07) is 4.89. The molecule has 1 aromatic rings. The molecular weight excluding hydrogens is 288 g/mol. The fraction of sp³-hybridized carbons (Fsp3) is 0.625. The molecule has 1 saturated carbocycles. The topological polar surface area (TPSA) is 69.2 Å². The Hall–Kier alpha value is -1.13. The highest BCUT2D eigenvalue weighted by Gasteiger charge is 2.36. The lowest BCUT2D eigenvalue weighted by molar-refractivity contribution is -0.385. The molecule has 21 heavy (non-hydrogen) atoms. The molecule has 1 fully saturated rings. The maximum atomic E-state index is 11.2. The van der Waals surface area contributed by atoms with Gasteiger partial charge in [-0.1, -0.05) is 31.0 Å². The maximum absolute atomic E-state index is 11.2. The van der Waals surface area contributed by atoms with Crippen molar-refractivity contribution in [2.75, 3.05) is 6.54 Å². The highest BCUT2D eigenvalue weighted by atomic mass is 35.5. The Bertz CT molecular complexity index is 511. The van der Waals surface area contributed by atoms with Crippen LogP contribution in [0.4, 0.5) is 5.69 Å². The summed E-state index contributed by atoms with van der Waals surface area (Å²) in [5.74, 6) is 0.769. The molecule has 2 N–H and O–H groups in total. The van der Waals surface area contributed by atoms with E-state index in [9.17, 15) is 10.1 Å². The largest absolute Gasteiger partial charge is 0.330 e. The van der Waals surface area contributed by atoms with Crippen LogP contribution in [0.15, 0.2) is 18.2 Å². The van der Waals surface area contributed by atoms with Crippen molar-refractivity contribution >= 4 is 17.3 Å². The van der Waals surface area contributed by atoms with Crippen molar-refractivity contribution in [2.45, 2.75) is 45.4 Å². The maximum Gasteiger partial charge on any atom is 0.274 e. The van der Waals surface area contributed by atoms with E-state index in [2.05, 4.69) is 6.92 Å². The van der Waals surface area contributed by atoms with Gasteiger partial charge in [-0.05, 0) is 56.0 Å². The van der Waals surface area contributed by atoms with Gasteiger partial charge < -0.3 is 5.73 Å². The Morgan fingerprint density at radius 3 is 2.62 bits per heavy atom. The molecule has 0 amide bonds. The zero-order valence-corrected chi connectivity index (χ0v) is 13.2. The predicted molar refractivity (Wildman–Crippen MR) is 85.5 cm³/mol. The predicted octanol–water partition coefficient (Wildman–Crippen LogP) is 4.34. The molecule has 4 nitrogen and oxygen atoms in total. The number of benzene rings is 1. The SMILES string of the molecule is CCC1CCC(CN)(Cc2c(Cl)cccc2[N+](=O)[O-])CC1. The van der Waals surface area contributed by atoms with Crippen LogP contribution in [0.1, 0.15) is 44.6 Å². The van der Waals surface area contributed by atoms with Gasteiger partial charge in [0.2, 0.25) is 0 Å². The normalized spacial score (nSPS) is 25.8. The highest BCUT2D eigenvalue weighted by molar-refractivity contribution is 6.31. The molecule has 0 unspecified atom stereocenters. The molecule has 5 heteroatoms. The lowest BCUT2D eigenvalue weighted by atomic mass is 9.67. The summed E-state index contributed by atoms with van der Waals surface area (Å²) >= 11 is 6.22. The van der Waals surface area contributed by atoms with Gasteiger partial charge in [-0.25, -0.2) is 0 Å². The number of nitrogens with zero attached hydrogens (tertiary/aromatic N) is 1. The molecule has 1 aliphatic rings. The Morgan fingerprint density at radius 1 is 1.43 bits per heavy atom. The van der Waals surface area contributed by atoms with E-state index in [1.54, 1.807) is 12.1 Å². The minimum atomic E-state index is -0.344. The van der Waals surface area contributed by atoms with E-state index in [1.165, 1.54) is 12.5 Å². The first-order valence-electron chi connectivity index (χ1n) is 7.63. The lowest BCUT2D eigenvalue weighted by Crippen LogP contribution is -2.37. The summed E-state index contributed by atoms with van der Waals surface area (Å²) < 4.78 is 0. The van der Waals surface area contributed by atoms with Crippen LogP contribution in [-0.2, 0) is 6.42 Å². The van der Waals surface area contributed by atoms with Crippen LogP contribution in [0.5, 0.6) is 0 Å².